The number of terminal acetylenes is 1. The van der Waals surface area contributed by atoms with Crippen LogP contribution in [0.15, 0.2) is 35.6 Å². The normalized spacial score (nSPS) is 12.8. The Balaban J connectivity index is 4.99. The monoisotopic (exact) mass is 175 g/mol. The fourth-order valence-corrected chi connectivity index (χ4v) is 0.866. The second-order valence-electron chi connectivity index (χ2n) is 3.15. The van der Waals surface area contributed by atoms with E-state index in [4.69, 9.17) is 12.2 Å². The fraction of sp³-hybridized carbons (Fsp3) is 0.333. The minimum atomic E-state index is 0.327. The maximum Gasteiger partial charge on any atom is 0.0502 e. The van der Waals surface area contributed by atoms with Gasteiger partial charge in [-0.2, -0.15) is 0 Å². The second kappa shape index (κ2) is 5.27. The molecule has 0 atom stereocenters. The van der Waals surface area contributed by atoms with Gasteiger partial charge < -0.3 is 5.73 Å². The summed E-state index contributed by atoms with van der Waals surface area (Å²) in [7, 11) is 0. The van der Waals surface area contributed by atoms with Crippen LogP contribution in [0.2, 0.25) is 0 Å². The van der Waals surface area contributed by atoms with Crippen molar-refractivity contribution in [2.45, 2.75) is 20.8 Å². The summed E-state index contributed by atoms with van der Waals surface area (Å²) in [5.41, 5.74) is 8.07. The highest BCUT2D eigenvalue weighted by Gasteiger charge is 2.05. The van der Waals surface area contributed by atoms with Gasteiger partial charge in [-0.05, 0) is 24.5 Å². The van der Waals surface area contributed by atoms with Crippen LogP contribution in [-0.4, -0.2) is 0 Å². The molecule has 1 heteroatoms. The molecule has 0 fully saturated rings. The first kappa shape index (κ1) is 11.6. The minimum Gasteiger partial charge on any atom is -0.398 e. The molecule has 0 spiro atoms. The zero-order valence-corrected chi connectivity index (χ0v) is 8.59. The molecule has 0 heterocycles. The van der Waals surface area contributed by atoms with Crippen LogP contribution in [0.3, 0.4) is 0 Å². The topological polar surface area (TPSA) is 26.0 Å². The average molecular weight is 175 g/mol. The highest BCUT2D eigenvalue weighted by molar-refractivity contribution is 5.46. The number of allylic oxidation sites excluding steroid dienone is 4. The zero-order chi connectivity index (χ0) is 10.4. The predicted octanol–water partition coefficient (Wildman–Crippen LogP) is 2.62. The quantitative estimate of drug-likeness (QED) is 0.518. The van der Waals surface area contributed by atoms with Crippen molar-refractivity contribution in [3.05, 3.63) is 35.6 Å². The van der Waals surface area contributed by atoms with Gasteiger partial charge in [0.1, 0.15) is 0 Å². The van der Waals surface area contributed by atoms with Crippen LogP contribution < -0.4 is 5.73 Å². The van der Waals surface area contributed by atoms with E-state index in [1.807, 2.05) is 32.9 Å². The molecule has 0 saturated heterocycles. The van der Waals surface area contributed by atoms with Crippen molar-refractivity contribution in [1.29, 1.82) is 0 Å². The van der Waals surface area contributed by atoms with E-state index in [1.54, 1.807) is 0 Å². The SMILES string of the molecule is C#CC(/C=C\C)=C(\N)C(=C)C(C)C. The molecule has 0 bridgehead atoms. The Hall–Kier alpha value is -1.42. The van der Waals surface area contributed by atoms with Gasteiger partial charge in [-0.15, -0.1) is 6.42 Å². The van der Waals surface area contributed by atoms with E-state index < -0.39 is 0 Å². The Kier molecular flexibility index (Phi) is 4.69. The fourth-order valence-electron chi connectivity index (χ4n) is 0.866. The molecule has 0 aromatic heterocycles. The van der Waals surface area contributed by atoms with Crippen molar-refractivity contribution in [3.8, 4) is 12.3 Å². The summed E-state index contributed by atoms with van der Waals surface area (Å²) in [6.45, 7) is 9.88. The summed E-state index contributed by atoms with van der Waals surface area (Å²) in [6.07, 6.45) is 9.01. The van der Waals surface area contributed by atoms with E-state index in [0.29, 0.717) is 17.2 Å². The van der Waals surface area contributed by atoms with Gasteiger partial charge in [0.25, 0.3) is 0 Å². The van der Waals surface area contributed by atoms with E-state index in [1.165, 1.54) is 0 Å². The summed E-state index contributed by atoms with van der Waals surface area (Å²) >= 11 is 0. The molecule has 0 saturated carbocycles. The van der Waals surface area contributed by atoms with E-state index in [0.717, 1.165) is 5.57 Å². The summed E-state index contributed by atoms with van der Waals surface area (Å²) in [5.74, 6) is 2.87. The van der Waals surface area contributed by atoms with Crippen molar-refractivity contribution in [2.24, 2.45) is 11.7 Å². The number of nitrogens with two attached hydrogens (primary N) is 1. The maximum absolute atomic E-state index is 5.85. The Bertz CT molecular complexity index is 285. The molecule has 2 N–H and O–H groups in total. The van der Waals surface area contributed by atoms with Crippen molar-refractivity contribution in [1.82, 2.24) is 0 Å². The number of rotatable bonds is 3. The Labute approximate surface area is 81.0 Å². The van der Waals surface area contributed by atoms with Gasteiger partial charge in [0.05, 0.1) is 5.70 Å². The van der Waals surface area contributed by atoms with Crippen LogP contribution in [0.5, 0.6) is 0 Å². The van der Waals surface area contributed by atoms with Crippen LogP contribution >= 0.6 is 0 Å². The highest BCUT2D eigenvalue weighted by Crippen LogP contribution is 2.16. The first-order valence-electron chi connectivity index (χ1n) is 4.32. The van der Waals surface area contributed by atoms with Crippen LogP contribution in [0.1, 0.15) is 20.8 Å². The first-order valence-corrected chi connectivity index (χ1v) is 4.32. The molecule has 0 radical (unpaired) electrons. The number of hydrogen-bond acceptors (Lipinski definition) is 1. The molecular formula is C12H17N. The highest BCUT2D eigenvalue weighted by atomic mass is 14.6. The predicted molar refractivity (Wildman–Crippen MR) is 58.8 cm³/mol. The van der Waals surface area contributed by atoms with Crippen molar-refractivity contribution in [3.63, 3.8) is 0 Å². The van der Waals surface area contributed by atoms with Crippen LogP contribution in [0, 0.1) is 18.3 Å². The molecule has 0 aliphatic carbocycles. The van der Waals surface area contributed by atoms with Gasteiger partial charge in [0.2, 0.25) is 0 Å². The summed E-state index contributed by atoms with van der Waals surface area (Å²) in [5, 5.41) is 0. The largest absolute Gasteiger partial charge is 0.398 e. The standard InChI is InChI=1S/C12H17N/c1-6-8-11(7-2)12(13)10(5)9(3)4/h2,6,8-9H,5,13H2,1,3-4H3/b8-6-,12-11+. The van der Waals surface area contributed by atoms with Crippen molar-refractivity contribution >= 4 is 0 Å². The molecule has 0 aliphatic rings. The third-order valence-electron chi connectivity index (χ3n) is 1.82. The average Bonchev–Trinajstić information content (AvgIpc) is 2.11. The van der Waals surface area contributed by atoms with E-state index in [2.05, 4.69) is 12.5 Å². The van der Waals surface area contributed by atoms with Gasteiger partial charge in [0.15, 0.2) is 0 Å². The Morgan fingerprint density at radius 3 is 2.38 bits per heavy atom. The molecule has 0 unspecified atom stereocenters. The second-order valence-corrected chi connectivity index (χ2v) is 3.15. The first-order chi connectivity index (χ1) is 6.04. The summed E-state index contributed by atoms with van der Waals surface area (Å²) in [4.78, 5) is 0. The maximum atomic E-state index is 5.85. The van der Waals surface area contributed by atoms with Crippen LogP contribution in [0.25, 0.3) is 0 Å². The lowest BCUT2D eigenvalue weighted by Gasteiger charge is -2.10. The third kappa shape index (κ3) is 3.21. The molecule has 0 aromatic rings. The van der Waals surface area contributed by atoms with E-state index in [9.17, 15) is 0 Å². The van der Waals surface area contributed by atoms with Crippen LogP contribution in [0.4, 0.5) is 0 Å². The summed E-state index contributed by atoms with van der Waals surface area (Å²) in [6, 6.07) is 0. The summed E-state index contributed by atoms with van der Waals surface area (Å²) < 4.78 is 0. The van der Waals surface area contributed by atoms with Crippen molar-refractivity contribution < 1.29 is 0 Å². The van der Waals surface area contributed by atoms with E-state index in [-0.39, 0.29) is 0 Å². The molecular weight excluding hydrogens is 158 g/mol. The van der Waals surface area contributed by atoms with Crippen LogP contribution in [-0.2, 0) is 0 Å². The molecule has 1 nitrogen and oxygen atoms in total. The van der Waals surface area contributed by atoms with Gasteiger partial charge in [-0.1, -0.05) is 32.4 Å². The van der Waals surface area contributed by atoms with Gasteiger partial charge in [-0.25, -0.2) is 0 Å². The third-order valence-corrected chi connectivity index (χ3v) is 1.82. The Morgan fingerprint density at radius 2 is 2.08 bits per heavy atom. The van der Waals surface area contributed by atoms with Gasteiger partial charge in [0, 0.05) is 5.57 Å². The lowest BCUT2D eigenvalue weighted by atomic mass is 9.99. The molecule has 70 valence electrons. The lowest BCUT2D eigenvalue weighted by Crippen LogP contribution is -2.07. The smallest absolute Gasteiger partial charge is 0.0502 e. The molecule has 0 aliphatic heterocycles. The van der Waals surface area contributed by atoms with Crippen molar-refractivity contribution in [2.75, 3.05) is 0 Å². The molecule has 0 rings (SSSR count). The molecule has 0 aromatic carbocycles. The van der Waals surface area contributed by atoms with E-state index >= 15 is 0 Å². The molecule has 13 heavy (non-hydrogen) atoms. The minimum absolute atomic E-state index is 0.327. The molecule has 0 amide bonds. The lowest BCUT2D eigenvalue weighted by molar-refractivity contribution is 0.777. The number of hydrogen-bond donors (Lipinski definition) is 1. The Morgan fingerprint density at radius 1 is 1.54 bits per heavy atom. The van der Waals surface area contributed by atoms with Gasteiger partial charge in [-0.3, -0.25) is 0 Å². The van der Waals surface area contributed by atoms with Gasteiger partial charge >= 0.3 is 0 Å². The zero-order valence-electron chi connectivity index (χ0n) is 8.59.